The fourth-order valence-electron chi connectivity index (χ4n) is 5.07. The molecular formula is C26H33F2N9O2. The molecule has 13 heteroatoms. The third-order valence-electron chi connectivity index (χ3n) is 7.20. The molecule has 0 aromatic carbocycles. The first-order valence-corrected chi connectivity index (χ1v) is 13.2. The number of alkyl halides is 2. The van der Waals surface area contributed by atoms with E-state index in [0.29, 0.717) is 37.2 Å². The average molecular weight is 542 g/mol. The Balaban J connectivity index is 1.38. The number of hydrogen-bond acceptors (Lipinski definition) is 10. The molecule has 3 aromatic heterocycles. The predicted molar refractivity (Wildman–Crippen MR) is 142 cm³/mol. The van der Waals surface area contributed by atoms with E-state index in [2.05, 4.69) is 54.9 Å². The third-order valence-corrected chi connectivity index (χ3v) is 7.20. The molecule has 0 spiro atoms. The van der Waals surface area contributed by atoms with Crippen molar-refractivity contribution in [3.63, 3.8) is 0 Å². The first-order valence-electron chi connectivity index (χ1n) is 13.2. The summed E-state index contributed by atoms with van der Waals surface area (Å²) in [6.45, 7) is 10.8. The monoisotopic (exact) mass is 541 g/mol. The van der Waals surface area contributed by atoms with Gasteiger partial charge in [0.05, 0.1) is 22.4 Å². The molecule has 0 unspecified atom stereocenters. The normalized spacial score (nSPS) is 17.1. The van der Waals surface area contributed by atoms with E-state index in [1.165, 1.54) is 6.33 Å². The van der Waals surface area contributed by atoms with Crippen molar-refractivity contribution in [2.75, 3.05) is 41.7 Å². The van der Waals surface area contributed by atoms with Crippen LogP contribution in [0.1, 0.15) is 70.0 Å². The van der Waals surface area contributed by atoms with Gasteiger partial charge in [-0.2, -0.15) is 8.78 Å². The molecule has 5 heterocycles. The number of hydrogen-bond donors (Lipinski definition) is 3. The molecule has 1 saturated heterocycles. The Hall–Kier alpha value is -3.74. The Morgan fingerprint density at radius 2 is 1.92 bits per heavy atom. The van der Waals surface area contributed by atoms with Gasteiger partial charge in [-0.05, 0) is 38.8 Å². The van der Waals surface area contributed by atoms with Crippen LogP contribution >= 0.6 is 0 Å². The maximum Gasteiger partial charge on any atom is 0.314 e. The van der Waals surface area contributed by atoms with Crippen molar-refractivity contribution < 1.29 is 18.0 Å². The van der Waals surface area contributed by atoms with E-state index in [9.17, 15) is 13.6 Å². The summed E-state index contributed by atoms with van der Waals surface area (Å²) in [6, 6.07) is 3.97. The number of pyridine rings is 1. The van der Waals surface area contributed by atoms with E-state index in [1.54, 1.807) is 6.07 Å². The van der Waals surface area contributed by atoms with Crippen LogP contribution in [0.15, 0.2) is 22.9 Å². The summed E-state index contributed by atoms with van der Waals surface area (Å²) < 4.78 is 31.2. The minimum atomic E-state index is -2.84. The van der Waals surface area contributed by atoms with Crippen LogP contribution < -0.4 is 20.9 Å². The van der Waals surface area contributed by atoms with Gasteiger partial charge in [0, 0.05) is 38.1 Å². The summed E-state index contributed by atoms with van der Waals surface area (Å²) in [6.07, 6.45) is 0.200. The number of nitrogens with one attached hydrogen (secondary N) is 3. The lowest BCUT2D eigenvalue weighted by atomic mass is 9.86. The summed E-state index contributed by atoms with van der Waals surface area (Å²) in [5.41, 5.74) is 2.17. The average Bonchev–Trinajstić information content (AvgIpc) is 3.50. The smallest absolute Gasteiger partial charge is 0.314 e. The van der Waals surface area contributed by atoms with E-state index in [-0.39, 0.29) is 17.7 Å². The summed E-state index contributed by atoms with van der Waals surface area (Å²) in [5, 5.41) is 16.9. The number of carbonyl (C=O) groups is 1. The maximum atomic E-state index is 13.0. The highest BCUT2D eigenvalue weighted by Crippen LogP contribution is 2.43. The van der Waals surface area contributed by atoms with Gasteiger partial charge in [-0.25, -0.2) is 15.0 Å². The second-order valence-corrected chi connectivity index (χ2v) is 10.7. The zero-order chi connectivity index (χ0) is 27.7. The van der Waals surface area contributed by atoms with E-state index >= 15 is 0 Å². The third kappa shape index (κ3) is 5.40. The number of halogens is 2. The van der Waals surface area contributed by atoms with Crippen LogP contribution in [0.2, 0.25) is 0 Å². The Morgan fingerprint density at radius 3 is 2.62 bits per heavy atom. The van der Waals surface area contributed by atoms with Crippen LogP contribution in [0.4, 0.5) is 26.1 Å². The Morgan fingerprint density at radius 1 is 1.15 bits per heavy atom. The second-order valence-electron chi connectivity index (χ2n) is 10.7. The molecule has 2 aliphatic rings. The SMILES string of the molecule is CC(C)NCCNc1ccc(-c2nnc(C(F)F)o2)nc1C1CCN(c2ncnc3c2C(C)(C)C(=O)N3)CC1. The largest absolute Gasteiger partial charge is 0.414 e. The van der Waals surface area contributed by atoms with Crippen molar-refractivity contribution in [1.82, 2.24) is 30.5 Å². The summed E-state index contributed by atoms with van der Waals surface area (Å²) in [5.74, 6) is 0.586. The van der Waals surface area contributed by atoms with Crippen molar-refractivity contribution in [2.45, 2.75) is 64.3 Å². The zero-order valence-corrected chi connectivity index (χ0v) is 22.5. The van der Waals surface area contributed by atoms with Gasteiger partial charge in [-0.1, -0.05) is 13.8 Å². The Labute approximate surface area is 225 Å². The number of amides is 1. The lowest BCUT2D eigenvalue weighted by Gasteiger charge is -2.35. The number of piperidine rings is 1. The van der Waals surface area contributed by atoms with Crippen LogP contribution in [0.3, 0.4) is 0 Å². The van der Waals surface area contributed by atoms with Crippen molar-refractivity contribution in [1.29, 1.82) is 0 Å². The molecule has 0 bridgehead atoms. The zero-order valence-electron chi connectivity index (χ0n) is 22.5. The molecule has 11 nitrogen and oxygen atoms in total. The highest BCUT2D eigenvalue weighted by molar-refractivity contribution is 6.06. The molecule has 1 fully saturated rings. The van der Waals surface area contributed by atoms with Crippen LogP contribution in [0, 0.1) is 0 Å². The first kappa shape index (κ1) is 26.9. The molecular weight excluding hydrogens is 508 g/mol. The number of rotatable bonds is 9. The fourth-order valence-corrected chi connectivity index (χ4v) is 5.07. The number of nitrogens with zero attached hydrogens (tertiary/aromatic N) is 6. The van der Waals surface area contributed by atoms with E-state index in [1.807, 2.05) is 19.9 Å². The van der Waals surface area contributed by atoms with Gasteiger partial charge in [-0.3, -0.25) is 4.79 Å². The number of fused-ring (bicyclic) bond motifs is 1. The highest BCUT2D eigenvalue weighted by atomic mass is 19.3. The summed E-state index contributed by atoms with van der Waals surface area (Å²) >= 11 is 0. The Kier molecular flexibility index (Phi) is 7.43. The number of anilines is 3. The molecule has 0 aliphatic carbocycles. The van der Waals surface area contributed by atoms with Gasteiger partial charge in [0.15, 0.2) is 0 Å². The van der Waals surface area contributed by atoms with Gasteiger partial charge in [0.2, 0.25) is 5.91 Å². The Bertz CT molecular complexity index is 1340. The molecule has 0 saturated carbocycles. The van der Waals surface area contributed by atoms with E-state index in [0.717, 1.165) is 42.1 Å². The molecule has 0 atom stereocenters. The molecule has 208 valence electrons. The van der Waals surface area contributed by atoms with Crippen LogP contribution in [0.25, 0.3) is 11.6 Å². The first-order chi connectivity index (χ1) is 18.6. The summed E-state index contributed by atoms with van der Waals surface area (Å²) in [4.78, 5) is 28.4. The number of carbonyl (C=O) groups excluding carboxylic acids is 1. The van der Waals surface area contributed by atoms with Crippen LogP contribution in [0.5, 0.6) is 0 Å². The maximum absolute atomic E-state index is 13.0. The molecule has 39 heavy (non-hydrogen) atoms. The van der Waals surface area contributed by atoms with Gasteiger partial charge in [0.25, 0.3) is 11.8 Å². The molecule has 0 radical (unpaired) electrons. The standard InChI is InChI=1S/C26H33F2N9O2/c1-14(2)29-9-10-30-16-5-6-17(23-35-36-24(39-23)20(27)28)33-19(16)15-7-11-37(12-8-15)22-18-21(31-13-32-22)34-25(38)26(18,3)4/h5-6,13-15,20,29-30H,7-12H2,1-4H3,(H,31,32,34,38). The van der Waals surface area contributed by atoms with Gasteiger partial charge in [-0.15, -0.1) is 10.2 Å². The fraction of sp³-hybridized carbons (Fsp3) is 0.538. The van der Waals surface area contributed by atoms with Crippen molar-refractivity contribution in [3.05, 3.63) is 35.6 Å². The van der Waals surface area contributed by atoms with E-state index < -0.39 is 17.7 Å². The van der Waals surface area contributed by atoms with Crippen LogP contribution in [-0.2, 0) is 10.2 Å². The minimum absolute atomic E-state index is 0.0343. The molecule has 5 rings (SSSR count). The lowest BCUT2D eigenvalue weighted by Crippen LogP contribution is -2.36. The number of aromatic nitrogens is 5. The lowest BCUT2D eigenvalue weighted by molar-refractivity contribution is -0.119. The van der Waals surface area contributed by atoms with Crippen molar-refractivity contribution >= 4 is 23.2 Å². The molecule has 2 aliphatic heterocycles. The van der Waals surface area contributed by atoms with E-state index in [4.69, 9.17) is 9.40 Å². The van der Waals surface area contributed by atoms with Gasteiger partial charge < -0.3 is 25.3 Å². The predicted octanol–water partition coefficient (Wildman–Crippen LogP) is 3.88. The van der Waals surface area contributed by atoms with Crippen molar-refractivity contribution in [3.8, 4) is 11.6 Å². The highest BCUT2D eigenvalue weighted by Gasteiger charge is 2.43. The molecule has 1 amide bonds. The second kappa shape index (κ2) is 10.8. The quantitative estimate of drug-likeness (QED) is 0.343. The topological polar surface area (TPSA) is 134 Å². The van der Waals surface area contributed by atoms with Gasteiger partial charge in [0.1, 0.15) is 23.7 Å². The van der Waals surface area contributed by atoms with Crippen LogP contribution in [-0.4, -0.2) is 63.3 Å². The molecule has 3 aromatic rings. The molecule has 3 N–H and O–H groups in total. The summed E-state index contributed by atoms with van der Waals surface area (Å²) in [7, 11) is 0. The van der Waals surface area contributed by atoms with Gasteiger partial charge >= 0.3 is 6.43 Å². The van der Waals surface area contributed by atoms with Crippen molar-refractivity contribution in [2.24, 2.45) is 0 Å². The minimum Gasteiger partial charge on any atom is -0.414 e.